The van der Waals surface area contributed by atoms with Crippen LogP contribution in [0.1, 0.15) is 98.6 Å². The van der Waals surface area contributed by atoms with E-state index in [2.05, 4.69) is 17.2 Å². The second kappa shape index (κ2) is 15.9. The highest BCUT2D eigenvalue weighted by Gasteiger charge is 2.60. The zero-order valence-electron chi connectivity index (χ0n) is 36.1. The number of carbonyl (C=O) groups is 4. The van der Waals surface area contributed by atoms with Gasteiger partial charge in [0.25, 0.3) is 0 Å². The van der Waals surface area contributed by atoms with Crippen LogP contribution in [0.5, 0.6) is 11.6 Å². The number of aromatic nitrogens is 1. The van der Waals surface area contributed by atoms with Crippen LogP contribution in [0.2, 0.25) is 5.02 Å². The topological polar surface area (TPSA) is 180 Å². The number of ketones is 1. The monoisotopic (exact) mass is 880 g/mol. The summed E-state index contributed by atoms with van der Waals surface area (Å²) in [6.07, 6.45) is 7.47. The van der Waals surface area contributed by atoms with E-state index < -0.39 is 68.1 Å². The second-order valence-corrected chi connectivity index (χ2v) is 22.1. The molecule has 5 aliphatic rings. The normalized spacial score (nSPS) is 27.2. The van der Waals surface area contributed by atoms with Crippen LogP contribution in [0.25, 0.3) is 10.8 Å². The average Bonchev–Trinajstić information content (AvgIpc) is 4.08. The van der Waals surface area contributed by atoms with E-state index in [0.717, 1.165) is 0 Å². The van der Waals surface area contributed by atoms with Gasteiger partial charge in [-0.1, -0.05) is 38.4 Å². The standard InChI is InChI=1S/C45H57ClN4O10S/c1-10-25-23-45(25,34(51)12-11-19-61(55,56)29-14-15-29)49-38(52)33-22-28(24-50(33)40(53)37(42(2,3)4)48-41(54)60-43(5,6)7)58-39-31-20-26(46)13-16-30(31)36-35(47-39)32-21-27(57-9)17-18-44(32,8)59-36/h10,13,16-18,20-21,25,28-29,32-33,37H,1,11-12,14-15,19,22-24H2,2-9H3,(H,48,54)(H,49,52). The Labute approximate surface area is 362 Å². The van der Waals surface area contributed by atoms with E-state index in [4.69, 9.17) is 35.5 Å². The fourth-order valence-electron chi connectivity index (χ4n) is 8.63. The Kier molecular flexibility index (Phi) is 11.6. The number of sulfone groups is 1. The molecule has 2 saturated carbocycles. The third-order valence-electron chi connectivity index (χ3n) is 12.2. The van der Waals surface area contributed by atoms with Gasteiger partial charge in [0, 0.05) is 34.6 Å². The molecule has 0 spiro atoms. The summed E-state index contributed by atoms with van der Waals surface area (Å²) in [6.45, 7) is 16.3. The van der Waals surface area contributed by atoms with Gasteiger partial charge < -0.3 is 34.5 Å². The molecule has 3 fully saturated rings. The smallest absolute Gasteiger partial charge is 0.408 e. The van der Waals surface area contributed by atoms with E-state index in [1.165, 1.54) is 4.90 Å². The molecule has 16 heteroatoms. The number of likely N-dealkylation sites (tertiary alicyclic amines) is 1. The first-order chi connectivity index (χ1) is 28.5. The Bertz CT molecular complexity index is 2330. The van der Waals surface area contributed by atoms with Gasteiger partial charge in [-0.05, 0) is 95.2 Å². The van der Waals surface area contributed by atoms with Gasteiger partial charge in [0.2, 0.25) is 17.7 Å². The Morgan fingerprint density at radius 2 is 1.85 bits per heavy atom. The predicted octanol–water partition coefficient (Wildman–Crippen LogP) is 6.50. The van der Waals surface area contributed by atoms with Crippen LogP contribution < -0.4 is 20.1 Å². The molecule has 3 aliphatic carbocycles. The fraction of sp³-hybridized carbons (Fsp3) is 0.578. The van der Waals surface area contributed by atoms with Gasteiger partial charge in [-0.2, -0.15) is 0 Å². The molecule has 330 valence electrons. The van der Waals surface area contributed by atoms with E-state index >= 15 is 0 Å². The summed E-state index contributed by atoms with van der Waals surface area (Å²) in [5, 5.41) is 7.12. The maximum atomic E-state index is 14.8. The molecule has 2 N–H and O–H groups in total. The average molecular weight is 881 g/mol. The van der Waals surface area contributed by atoms with E-state index in [1.54, 1.807) is 66.9 Å². The molecule has 3 amide bonds. The summed E-state index contributed by atoms with van der Waals surface area (Å²) >= 11 is 6.54. The molecule has 7 rings (SSSR count). The van der Waals surface area contributed by atoms with Gasteiger partial charge >= 0.3 is 6.09 Å². The zero-order valence-corrected chi connectivity index (χ0v) is 37.7. The first-order valence-corrected chi connectivity index (χ1v) is 23.0. The van der Waals surface area contributed by atoms with Crippen molar-refractivity contribution in [3.05, 3.63) is 65.6 Å². The van der Waals surface area contributed by atoms with E-state index in [1.807, 2.05) is 31.2 Å². The number of pyridine rings is 1. The summed E-state index contributed by atoms with van der Waals surface area (Å²) in [4.78, 5) is 62.9. The third kappa shape index (κ3) is 9.00. The van der Waals surface area contributed by atoms with E-state index in [-0.39, 0.29) is 60.3 Å². The van der Waals surface area contributed by atoms with Crippen molar-refractivity contribution in [2.24, 2.45) is 11.3 Å². The van der Waals surface area contributed by atoms with E-state index in [0.29, 0.717) is 52.3 Å². The van der Waals surface area contributed by atoms with Crippen LogP contribution in [0, 0.1) is 11.3 Å². The van der Waals surface area contributed by atoms with Crippen LogP contribution >= 0.6 is 11.6 Å². The molecular formula is C45H57ClN4O10S. The number of hydrogen-bond acceptors (Lipinski definition) is 11. The molecule has 0 bridgehead atoms. The molecule has 2 aliphatic heterocycles. The fourth-order valence-corrected chi connectivity index (χ4v) is 10.5. The molecule has 1 aromatic carbocycles. The summed E-state index contributed by atoms with van der Waals surface area (Å²) in [6, 6.07) is 3.06. The van der Waals surface area contributed by atoms with Crippen molar-refractivity contribution in [3.63, 3.8) is 0 Å². The maximum Gasteiger partial charge on any atom is 0.408 e. The first-order valence-electron chi connectivity index (χ1n) is 20.9. The summed E-state index contributed by atoms with van der Waals surface area (Å²) in [7, 11) is -1.68. The van der Waals surface area contributed by atoms with Gasteiger partial charge in [0.05, 0.1) is 36.3 Å². The molecule has 1 aromatic heterocycles. The number of alkyl carbamates (subject to hydrolysis) is 1. The number of methoxy groups -OCH3 is 1. The highest BCUT2D eigenvalue weighted by molar-refractivity contribution is 7.92. The number of hydrogen-bond donors (Lipinski definition) is 2. The van der Waals surface area contributed by atoms with Crippen molar-refractivity contribution in [2.75, 3.05) is 19.4 Å². The van der Waals surface area contributed by atoms with Crippen LogP contribution in [-0.2, 0) is 33.7 Å². The maximum absolute atomic E-state index is 14.8. The minimum Gasteiger partial charge on any atom is -0.497 e. The van der Waals surface area contributed by atoms with Crippen LogP contribution in [0.4, 0.5) is 4.79 Å². The Morgan fingerprint density at radius 1 is 1.13 bits per heavy atom. The lowest BCUT2D eigenvalue weighted by Gasteiger charge is -2.36. The zero-order chi connectivity index (χ0) is 44.4. The molecule has 0 radical (unpaired) electrons. The van der Waals surface area contributed by atoms with Crippen LogP contribution in [0.3, 0.4) is 0 Å². The Hall–Kier alpha value is -4.63. The van der Waals surface area contributed by atoms with Crippen molar-refractivity contribution in [3.8, 4) is 11.6 Å². The number of carbonyl (C=O) groups excluding carboxylic acids is 4. The first kappa shape index (κ1) is 44.4. The van der Waals surface area contributed by atoms with Crippen LogP contribution in [0.15, 0.2) is 54.8 Å². The van der Waals surface area contributed by atoms with Crippen molar-refractivity contribution in [2.45, 2.75) is 133 Å². The van der Waals surface area contributed by atoms with Crippen molar-refractivity contribution in [1.29, 1.82) is 0 Å². The number of Topliss-reactive ketones (excluding diaryl/α,β-unsaturated/α-hetero) is 1. The number of nitrogens with one attached hydrogen (secondary N) is 2. The number of nitrogens with zero attached hydrogens (tertiary/aromatic N) is 2. The molecule has 7 unspecified atom stereocenters. The highest BCUT2D eigenvalue weighted by Crippen LogP contribution is 2.52. The number of benzene rings is 1. The quantitative estimate of drug-likeness (QED) is 0.198. The summed E-state index contributed by atoms with van der Waals surface area (Å²) < 4.78 is 49.5. The minimum atomic E-state index is -3.27. The van der Waals surface area contributed by atoms with Crippen molar-refractivity contribution in [1.82, 2.24) is 20.5 Å². The minimum absolute atomic E-state index is 0.0124. The Balaban J connectivity index is 1.20. The summed E-state index contributed by atoms with van der Waals surface area (Å²) in [5.74, 6) is -0.760. The number of amides is 3. The van der Waals surface area contributed by atoms with Gasteiger partial charge in [-0.3, -0.25) is 14.4 Å². The SMILES string of the molecule is C=CC1CC1(NC(=O)C1CC(Oc2nc3c(c4ccc(Cl)cc24)OC2(C)C=CC(OC)=CC32)CN1C(=O)C(NC(=O)OC(C)(C)C)C(C)(C)C)C(=O)CCCS(=O)(=O)C1CC1. The predicted molar refractivity (Wildman–Crippen MR) is 230 cm³/mol. The molecule has 7 atom stereocenters. The lowest BCUT2D eigenvalue weighted by molar-refractivity contribution is -0.143. The largest absolute Gasteiger partial charge is 0.497 e. The molecule has 3 heterocycles. The van der Waals surface area contributed by atoms with Gasteiger partial charge in [-0.15, -0.1) is 6.58 Å². The lowest BCUT2D eigenvalue weighted by Crippen LogP contribution is -2.59. The number of ether oxygens (including phenoxy) is 4. The third-order valence-corrected chi connectivity index (χ3v) is 14.8. The number of fused-ring (bicyclic) bond motifs is 5. The highest BCUT2D eigenvalue weighted by atomic mass is 35.5. The van der Waals surface area contributed by atoms with E-state index in [9.17, 15) is 27.6 Å². The number of halogens is 1. The second-order valence-electron chi connectivity index (χ2n) is 19.2. The number of rotatable bonds is 14. The summed E-state index contributed by atoms with van der Waals surface area (Å²) in [5.41, 5.74) is -3.10. The van der Waals surface area contributed by atoms with Gasteiger partial charge in [0.15, 0.2) is 21.4 Å². The lowest BCUT2D eigenvalue weighted by atomic mass is 9.84. The van der Waals surface area contributed by atoms with Crippen LogP contribution in [-0.4, -0.2) is 102 Å². The van der Waals surface area contributed by atoms with Gasteiger partial charge in [-0.25, -0.2) is 18.2 Å². The molecule has 14 nitrogen and oxygen atoms in total. The molecule has 61 heavy (non-hydrogen) atoms. The molecule has 2 aromatic rings. The van der Waals surface area contributed by atoms with Gasteiger partial charge in [0.1, 0.15) is 40.7 Å². The van der Waals surface area contributed by atoms with Crippen molar-refractivity contribution < 1.29 is 46.5 Å². The Morgan fingerprint density at radius 3 is 2.48 bits per heavy atom. The molecular weight excluding hydrogens is 824 g/mol. The molecule has 1 saturated heterocycles. The van der Waals surface area contributed by atoms with Crippen molar-refractivity contribution >= 4 is 55.9 Å². The number of allylic oxidation sites excluding steroid dienone is 1.